The van der Waals surface area contributed by atoms with Gasteiger partial charge in [-0.1, -0.05) is 60.7 Å². The van der Waals surface area contributed by atoms with E-state index in [1.54, 1.807) is 0 Å². The standard InChI is InChI=1S/C19H22N2O3/c20-16(11-14-7-3-1-4-8-14)19(23)17(21)12-18(22)24-13-15-9-5-2-6-10-15/h1-10,16-17H,11-13,20-21H2/t16?,17-/m0/s1. The van der Waals surface area contributed by atoms with Crippen LogP contribution < -0.4 is 11.5 Å². The largest absolute Gasteiger partial charge is 0.461 e. The Morgan fingerprint density at radius 3 is 1.96 bits per heavy atom. The quantitative estimate of drug-likeness (QED) is 0.718. The van der Waals surface area contributed by atoms with Crippen LogP contribution in [0.25, 0.3) is 0 Å². The fourth-order valence-corrected chi connectivity index (χ4v) is 2.32. The third-order valence-corrected chi connectivity index (χ3v) is 3.66. The number of rotatable bonds is 8. The molecule has 5 heteroatoms. The summed E-state index contributed by atoms with van der Waals surface area (Å²) in [6.07, 6.45) is 0.223. The summed E-state index contributed by atoms with van der Waals surface area (Å²) in [7, 11) is 0. The molecule has 24 heavy (non-hydrogen) atoms. The lowest BCUT2D eigenvalue weighted by Crippen LogP contribution is -2.45. The monoisotopic (exact) mass is 326 g/mol. The molecule has 0 aromatic heterocycles. The number of Topliss-reactive ketones (excluding diaryl/α,β-unsaturated/α-hetero) is 1. The molecule has 2 atom stereocenters. The van der Waals surface area contributed by atoms with Crippen LogP contribution in [0.1, 0.15) is 17.5 Å². The van der Waals surface area contributed by atoms with E-state index >= 15 is 0 Å². The van der Waals surface area contributed by atoms with E-state index < -0.39 is 18.1 Å². The second-order valence-corrected chi connectivity index (χ2v) is 5.66. The van der Waals surface area contributed by atoms with Crippen LogP contribution >= 0.6 is 0 Å². The average molecular weight is 326 g/mol. The van der Waals surface area contributed by atoms with Gasteiger partial charge < -0.3 is 16.2 Å². The molecule has 1 unspecified atom stereocenters. The van der Waals surface area contributed by atoms with Crippen LogP contribution in [0, 0.1) is 0 Å². The number of nitrogens with two attached hydrogens (primary N) is 2. The van der Waals surface area contributed by atoms with Gasteiger partial charge in [-0.05, 0) is 17.5 Å². The van der Waals surface area contributed by atoms with Crippen LogP contribution in [0.2, 0.25) is 0 Å². The van der Waals surface area contributed by atoms with Gasteiger partial charge in [0.25, 0.3) is 0 Å². The zero-order chi connectivity index (χ0) is 17.4. The Labute approximate surface area is 141 Å². The second-order valence-electron chi connectivity index (χ2n) is 5.66. The Balaban J connectivity index is 1.78. The van der Waals surface area contributed by atoms with Gasteiger partial charge in [0, 0.05) is 0 Å². The molecule has 0 spiro atoms. The Morgan fingerprint density at radius 2 is 1.38 bits per heavy atom. The highest BCUT2D eigenvalue weighted by Crippen LogP contribution is 2.06. The molecule has 0 amide bonds. The van der Waals surface area contributed by atoms with Crippen molar-refractivity contribution >= 4 is 11.8 Å². The van der Waals surface area contributed by atoms with Crippen LogP contribution in [-0.4, -0.2) is 23.8 Å². The van der Waals surface area contributed by atoms with Crippen LogP contribution in [0.15, 0.2) is 60.7 Å². The molecule has 126 valence electrons. The molecule has 0 saturated carbocycles. The summed E-state index contributed by atoms with van der Waals surface area (Å²) in [5.41, 5.74) is 13.6. The van der Waals surface area contributed by atoms with Crippen molar-refractivity contribution in [1.29, 1.82) is 0 Å². The zero-order valence-corrected chi connectivity index (χ0v) is 13.4. The summed E-state index contributed by atoms with van der Waals surface area (Å²) in [5, 5.41) is 0. The Hall–Kier alpha value is -2.50. The molecule has 0 aliphatic rings. The fourth-order valence-electron chi connectivity index (χ4n) is 2.32. The SMILES string of the molecule is NC(Cc1ccccc1)C(=O)[C@@H](N)CC(=O)OCc1ccccc1. The van der Waals surface area contributed by atoms with Crippen LogP contribution in [0.3, 0.4) is 0 Å². The summed E-state index contributed by atoms with van der Waals surface area (Å²) < 4.78 is 5.13. The maximum absolute atomic E-state index is 12.2. The molecular formula is C19H22N2O3. The maximum Gasteiger partial charge on any atom is 0.308 e. The summed E-state index contributed by atoms with van der Waals surface area (Å²) in [6.45, 7) is 0.163. The highest BCUT2D eigenvalue weighted by Gasteiger charge is 2.24. The van der Waals surface area contributed by atoms with Crippen LogP contribution in [-0.2, 0) is 27.4 Å². The number of carbonyl (C=O) groups excluding carboxylic acids is 2. The Bertz CT molecular complexity index is 659. The number of hydrogen-bond acceptors (Lipinski definition) is 5. The lowest BCUT2D eigenvalue weighted by Gasteiger charge is -2.16. The van der Waals surface area contributed by atoms with Crippen molar-refractivity contribution in [2.45, 2.75) is 31.5 Å². The average Bonchev–Trinajstić information content (AvgIpc) is 2.61. The van der Waals surface area contributed by atoms with Gasteiger partial charge in [0.05, 0.1) is 18.5 Å². The second kappa shape index (κ2) is 8.96. The molecule has 0 radical (unpaired) electrons. The van der Waals surface area contributed by atoms with Crippen LogP contribution in [0.5, 0.6) is 0 Å². The van der Waals surface area contributed by atoms with Gasteiger partial charge in [0.2, 0.25) is 0 Å². The summed E-state index contributed by atoms with van der Waals surface area (Å²) in [5.74, 6) is -0.845. The highest BCUT2D eigenvalue weighted by atomic mass is 16.5. The van der Waals surface area contributed by atoms with Gasteiger partial charge in [0.1, 0.15) is 6.61 Å². The molecule has 2 aromatic carbocycles. The number of carbonyl (C=O) groups is 2. The Kier molecular flexibility index (Phi) is 6.66. The molecule has 2 aromatic rings. The van der Waals surface area contributed by atoms with Gasteiger partial charge in [0.15, 0.2) is 5.78 Å². The van der Waals surface area contributed by atoms with Crippen molar-refractivity contribution in [3.05, 3.63) is 71.8 Å². The normalized spacial score (nSPS) is 13.1. The van der Waals surface area contributed by atoms with E-state index in [4.69, 9.17) is 16.2 Å². The highest BCUT2D eigenvalue weighted by molar-refractivity contribution is 5.92. The molecule has 0 heterocycles. The first kappa shape index (κ1) is 17.8. The third-order valence-electron chi connectivity index (χ3n) is 3.66. The molecule has 0 aliphatic heterocycles. The van der Waals surface area contributed by atoms with Crippen molar-refractivity contribution in [2.75, 3.05) is 0 Å². The third kappa shape index (κ3) is 5.61. The van der Waals surface area contributed by atoms with Crippen molar-refractivity contribution < 1.29 is 14.3 Å². The maximum atomic E-state index is 12.2. The number of esters is 1. The van der Waals surface area contributed by atoms with Gasteiger partial charge in [-0.15, -0.1) is 0 Å². The lowest BCUT2D eigenvalue weighted by atomic mass is 9.97. The van der Waals surface area contributed by atoms with E-state index in [-0.39, 0.29) is 18.8 Å². The molecule has 0 fully saturated rings. The van der Waals surface area contributed by atoms with Gasteiger partial charge in [-0.2, -0.15) is 0 Å². The Morgan fingerprint density at radius 1 is 0.833 bits per heavy atom. The van der Waals surface area contributed by atoms with Crippen molar-refractivity contribution in [3.63, 3.8) is 0 Å². The molecule has 4 N–H and O–H groups in total. The smallest absolute Gasteiger partial charge is 0.308 e. The lowest BCUT2D eigenvalue weighted by molar-refractivity contribution is -0.146. The van der Waals surface area contributed by atoms with E-state index in [1.165, 1.54) is 0 Å². The van der Waals surface area contributed by atoms with E-state index in [9.17, 15) is 9.59 Å². The number of hydrogen-bond donors (Lipinski definition) is 2. The van der Waals surface area contributed by atoms with Crippen molar-refractivity contribution in [3.8, 4) is 0 Å². The van der Waals surface area contributed by atoms with Gasteiger partial charge in [-0.25, -0.2) is 0 Å². The number of ketones is 1. The summed E-state index contributed by atoms with van der Waals surface area (Å²) >= 11 is 0. The molecule has 0 bridgehead atoms. The fraction of sp³-hybridized carbons (Fsp3) is 0.263. The van der Waals surface area contributed by atoms with Gasteiger partial charge >= 0.3 is 5.97 Å². The van der Waals surface area contributed by atoms with Crippen molar-refractivity contribution in [1.82, 2.24) is 0 Å². The first-order valence-corrected chi connectivity index (χ1v) is 7.84. The molecule has 0 saturated heterocycles. The molecule has 5 nitrogen and oxygen atoms in total. The minimum Gasteiger partial charge on any atom is -0.461 e. The van der Waals surface area contributed by atoms with Crippen molar-refractivity contribution in [2.24, 2.45) is 11.5 Å². The molecular weight excluding hydrogens is 304 g/mol. The van der Waals surface area contributed by atoms with E-state index in [2.05, 4.69) is 0 Å². The number of benzene rings is 2. The predicted molar refractivity (Wildman–Crippen MR) is 92.0 cm³/mol. The minimum atomic E-state index is -0.952. The molecule has 0 aliphatic carbocycles. The first-order chi connectivity index (χ1) is 11.6. The number of ether oxygens (including phenoxy) is 1. The summed E-state index contributed by atoms with van der Waals surface area (Å²) in [6, 6.07) is 17.1. The zero-order valence-electron chi connectivity index (χ0n) is 13.4. The topological polar surface area (TPSA) is 95.4 Å². The van der Waals surface area contributed by atoms with Crippen LogP contribution in [0.4, 0.5) is 0 Å². The summed E-state index contributed by atoms with van der Waals surface area (Å²) in [4.78, 5) is 24.0. The molecule has 2 rings (SSSR count). The minimum absolute atomic E-state index is 0.163. The predicted octanol–water partition coefficient (Wildman–Crippen LogP) is 1.59. The van der Waals surface area contributed by atoms with E-state index in [0.717, 1.165) is 11.1 Å². The van der Waals surface area contributed by atoms with Gasteiger partial charge in [-0.3, -0.25) is 9.59 Å². The van der Waals surface area contributed by atoms with E-state index in [0.29, 0.717) is 6.42 Å². The first-order valence-electron chi connectivity index (χ1n) is 7.84. The van der Waals surface area contributed by atoms with E-state index in [1.807, 2.05) is 60.7 Å².